The lowest BCUT2D eigenvalue weighted by Gasteiger charge is -2.36. The molecule has 1 aliphatic heterocycles. The average molecular weight is 287 g/mol. The fraction of sp³-hybridized carbons (Fsp3) is 0.500. The highest BCUT2D eigenvalue weighted by molar-refractivity contribution is 7.85. The molecule has 6 nitrogen and oxygen atoms in total. The molecule has 1 aromatic rings. The van der Waals surface area contributed by atoms with Crippen LogP contribution in [0.3, 0.4) is 0 Å². The third-order valence-corrected chi connectivity index (χ3v) is 3.78. The van der Waals surface area contributed by atoms with E-state index in [1.807, 2.05) is 17.9 Å². The van der Waals surface area contributed by atoms with E-state index in [-0.39, 0.29) is 18.3 Å². The van der Waals surface area contributed by atoms with Crippen LogP contribution in [0.15, 0.2) is 18.2 Å². The smallest absolute Gasteiger partial charge is 0.266 e. The van der Waals surface area contributed by atoms with Crippen molar-refractivity contribution in [3.05, 3.63) is 18.2 Å². The molecule has 0 radical (unpaired) electrons. The summed E-state index contributed by atoms with van der Waals surface area (Å²) in [5, 5.41) is 0. The topological polar surface area (TPSA) is 76.1 Å². The van der Waals surface area contributed by atoms with E-state index in [9.17, 15) is 8.42 Å². The van der Waals surface area contributed by atoms with Crippen LogP contribution in [-0.4, -0.2) is 45.0 Å². The largest absolute Gasteiger partial charge is 0.497 e. The van der Waals surface area contributed by atoms with Crippen molar-refractivity contribution in [1.29, 1.82) is 0 Å². The summed E-state index contributed by atoms with van der Waals surface area (Å²) < 4.78 is 41.3. The summed E-state index contributed by atoms with van der Waals surface area (Å²) in [4.78, 5) is 1.91. The maximum Gasteiger partial charge on any atom is 0.266 e. The van der Waals surface area contributed by atoms with Gasteiger partial charge in [0.15, 0.2) is 0 Å². The Morgan fingerprint density at radius 2 is 2.26 bits per heavy atom. The third-order valence-electron chi connectivity index (χ3n) is 3.08. The first-order chi connectivity index (χ1) is 8.90. The van der Waals surface area contributed by atoms with Gasteiger partial charge in [-0.15, -0.1) is 0 Å². The third kappa shape index (κ3) is 3.30. The highest BCUT2D eigenvalue weighted by Crippen LogP contribution is 2.36. The zero-order chi connectivity index (χ0) is 14.0. The average Bonchev–Trinajstić information content (AvgIpc) is 2.36. The lowest BCUT2D eigenvalue weighted by atomic mass is 10.1. The van der Waals surface area contributed by atoms with E-state index in [1.54, 1.807) is 19.2 Å². The minimum Gasteiger partial charge on any atom is -0.497 e. The van der Waals surface area contributed by atoms with E-state index in [1.165, 1.54) is 0 Å². The van der Waals surface area contributed by atoms with E-state index in [0.717, 1.165) is 5.69 Å². The van der Waals surface area contributed by atoms with Gasteiger partial charge >= 0.3 is 0 Å². The molecule has 1 heterocycles. The van der Waals surface area contributed by atoms with Gasteiger partial charge in [-0.25, -0.2) is 0 Å². The summed E-state index contributed by atoms with van der Waals surface area (Å²) in [6, 6.07) is 5.43. The normalized spacial score (nSPS) is 18.7. The first kappa shape index (κ1) is 14.0. The Morgan fingerprint density at radius 1 is 1.53 bits per heavy atom. The van der Waals surface area contributed by atoms with Crippen molar-refractivity contribution in [2.24, 2.45) is 0 Å². The van der Waals surface area contributed by atoms with Crippen LogP contribution in [0.2, 0.25) is 0 Å². The Balaban J connectivity index is 2.25. The van der Waals surface area contributed by atoms with Gasteiger partial charge < -0.3 is 14.4 Å². The van der Waals surface area contributed by atoms with Gasteiger partial charge in [-0.2, -0.15) is 8.42 Å². The Kier molecular flexibility index (Phi) is 3.86. The monoisotopic (exact) mass is 287 g/mol. The molecule has 0 aromatic heterocycles. The van der Waals surface area contributed by atoms with Crippen LogP contribution in [0.1, 0.15) is 6.92 Å². The number of ether oxygens (including phenoxy) is 2. The number of benzene rings is 1. The molecule has 7 heteroatoms. The number of fused-ring (bicyclic) bond motifs is 1. The van der Waals surface area contributed by atoms with Gasteiger partial charge in [0.1, 0.15) is 18.1 Å². The summed E-state index contributed by atoms with van der Waals surface area (Å²) in [6.45, 7) is 2.63. The molecule has 0 fully saturated rings. The zero-order valence-corrected chi connectivity index (χ0v) is 11.7. The molecule has 1 aliphatic rings. The van der Waals surface area contributed by atoms with Gasteiger partial charge in [0.25, 0.3) is 10.1 Å². The highest BCUT2D eigenvalue weighted by atomic mass is 32.2. The molecular formula is C12H17NO5S. The number of hydrogen-bond donors (Lipinski definition) is 1. The van der Waals surface area contributed by atoms with Gasteiger partial charge in [-0.1, -0.05) is 0 Å². The Hall–Kier alpha value is -1.47. The Morgan fingerprint density at radius 3 is 2.89 bits per heavy atom. The second-order valence-electron chi connectivity index (χ2n) is 4.47. The van der Waals surface area contributed by atoms with Crippen molar-refractivity contribution in [2.45, 2.75) is 13.0 Å². The molecule has 1 aromatic carbocycles. The second kappa shape index (κ2) is 5.26. The van der Waals surface area contributed by atoms with Gasteiger partial charge in [0.2, 0.25) is 0 Å². The summed E-state index contributed by atoms with van der Waals surface area (Å²) in [5.41, 5.74) is 0.809. The van der Waals surface area contributed by atoms with Crippen molar-refractivity contribution in [3.63, 3.8) is 0 Å². The molecule has 19 heavy (non-hydrogen) atoms. The molecule has 0 aliphatic carbocycles. The minimum atomic E-state index is -3.97. The van der Waals surface area contributed by atoms with Crippen molar-refractivity contribution in [1.82, 2.24) is 0 Å². The number of hydrogen-bond acceptors (Lipinski definition) is 5. The van der Waals surface area contributed by atoms with E-state index in [4.69, 9.17) is 14.0 Å². The molecule has 0 amide bonds. The van der Waals surface area contributed by atoms with E-state index in [0.29, 0.717) is 18.1 Å². The molecule has 106 valence electrons. The summed E-state index contributed by atoms with van der Waals surface area (Å²) in [7, 11) is -2.40. The van der Waals surface area contributed by atoms with Gasteiger partial charge in [-0.3, -0.25) is 4.55 Å². The SMILES string of the molecule is COc1ccc2c(c1)OCC(C)N2CCS(=O)(=O)O. The molecule has 1 unspecified atom stereocenters. The van der Waals surface area contributed by atoms with Crippen LogP contribution in [0.25, 0.3) is 0 Å². The molecule has 1 N–H and O–H groups in total. The van der Waals surface area contributed by atoms with Crippen LogP contribution in [0, 0.1) is 0 Å². The lowest BCUT2D eigenvalue weighted by Crippen LogP contribution is -2.43. The minimum absolute atomic E-state index is 0.0441. The maximum atomic E-state index is 10.9. The van der Waals surface area contributed by atoms with Crippen LogP contribution in [0.4, 0.5) is 5.69 Å². The molecule has 1 atom stereocenters. The van der Waals surface area contributed by atoms with Crippen LogP contribution >= 0.6 is 0 Å². The molecule has 2 rings (SSSR count). The number of nitrogens with zero attached hydrogens (tertiary/aromatic N) is 1. The number of rotatable bonds is 4. The summed E-state index contributed by atoms with van der Waals surface area (Å²) in [5.74, 6) is 1.04. The van der Waals surface area contributed by atoms with Crippen LogP contribution in [0.5, 0.6) is 11.5 Å². The fourth-order valence-corrected chi connectivity index (χ4v) is 2.49. The van der Waals surface area contributed by atoms with Crippen molar-refractivity contribution >= 4 is 15.8 Å². The summed E-state index contributed by atoms with van der Waals surface area (Å²) >= 11 is 0. The Labute approximate surface area is 112 Å². The first-order valence-electron chi connectivity index (χ1n) is 5.93. The second-order valence-corrected chi connectivity index (χ2v) is 6.05. The molecule has 0 saturated carbocycles. The summed E-state index contributed by atoms with van der Waals surface area (Å²) in [6.07, 6.45) is 0. The molecule has 0 spiro atoms. The number of methoxy groups -OCH3 is 1. The predicted octanol–water partition coefficient (Wildman–Crippen LogP) is 1.17. The van der Waals surface area contributed by atoms with Crippen LogP contribution < -0.4 is 14.4 Å². The fourth-order valence-electron chi connectivity index (χ4n) is 2.07. The van der Waals surface area contributed by atoms with Gasteiger partial charge in [0, 0.05) is 12.6 Å². The molecule has 0 bridgehead atoms. The number of anilines is 1. The quantitative estimate of drug-likeness (QED) is 0.838. The zero-order valence-electron chi connectivity index (χ0n) is 10.9. The lowest BCUT2D eigenvalue weighted by molar-refractivity contribution is 0.269. The standard InChI is InChI=1S/C12H17NO5S/c1-9-8-18-12-7-10(17-2)3-4-11(12)13(9)5-6-19(14,15)16/h3-4,7,9H,5-6,8H2,1-2H3,(H,14,15,16). The van der Waals surface area contributed by atoms with Crippen LogP contribution in [-0.2, 0) is 10.1 Å². The van der Waals surface area contributed by atoms with Gasteiger partial charge in [-0.05, 0) is 19.1 Å². The van der Waals surface area contributed by atoms with Crippen molar-refractivity contribution < 1.29 is 22.4 Å². The van der Waals surface area contributed by atoms with Crippen molar-refractivity contribution in [3.8, 4) is 11.5 Å². The first-order valence-corrected chi connectivity index (χ1v) is 7.54. The maximum absolute atomic E-state index is 10.9. The van der Waals surface area contributed by atoms with E-state index >= 15 is 0 Å². The molecular weight excluding hydrogens is 270 g/mol. The highest BCUT2D eigenvalue weighted by Gasteiger charge is 2.25. The van der Waals surface area contributed by atoms with E-state index < -0.39 is 10.1 Å². The van der Waals surface area contributed by atoms with E-state index in [2.05, 4.69) is 0 Å². The van der Waals surface area contributed by atoms with Gasteiger partial charge in [0.05, 0.1) is 24.6 Å². The predicted molar refractivity (Wildman–Crippen MR) is 71.7 cm³/mol. The molecule has 0 saturated heterocycles. The Bertz CT molecular complexity index is 557. The van der Waals surface area contributed by atoms with Crippen molar-refractivity contribution in [2.75, 3.05) is 30.9 Å².